The lowest BCUT2D eigenvalue weighted by atomic mass is 9.92. The van der Waals surface area contributed by atoms with Crippen molar-refractivity contribution in [2.75, 3.05) is 46.5 Å². The van der Waals surface area contributed by atoms with Gasteiger partial charge >= 0.3 is 12.0 Å². The summed E-state index contributed by atoms with van der Waals surface area (Å²) in [6.07, 6.45) is 0. The Hall–Kier alpha value is -2.38. The first kappa shape index (κ1) is 21.3. The van der Waals surface area contributed by atoms with Crippen molar-refractivity contribution in [1.29, 1.82) is 0 Å². The molecule has 1 saturated heterocycles. The van der Waals surface area contributed by atoms with E-state index >= 15 is 0 Å². The van der Waals surface area contributed by atoms with Crippen LogP contribution in [0.3, 0.4) is 0 Å². The molecule has 3 rings (SSSR count). The molecule has 1 atom stereocenters. The average molecular weight is 402 g/mol. The number of carbonyl (C=O) groups is 2. The minimum absolute atomic E-state index is 0.223. The highest BCUT2D eigenvalue weighted by Gasteiger charge is 2.37. The number of hydrogen-bond acceptors (Lipinski definition) is 5. The van der Waals surface area contributed by atoms with Gasteiger partial charge in [0.05, 0.1) is 31.4 Å². The van der Waals surface area contributed by atoms with Gasteiger partial charge in [0, 0.05) is 32.4 Å². The van der Waals surface area contributed by atoms with Crippen LogP contribution in [0.2, 0.25) is 0 Å². The van der Waals surface area contributed by atoms with Gasteiger partial charge in [0.2, 0.25) is 0 Å². The summed E-state index contributed by atoms with van der Waals surface area (Å²) < 4.78 is 10.8. The van der Waals surface area contributed by atoms with Gasteiger partial charge in [0.25, 0.3) is 0 Å². The van der Waals surface area contributed by atoms with Gasteiger partial charge < -0.3 is 14.8 Å². The molecule has 0 radical (unpaired) electrons. The first-order chi connectivity index (χ1) is 13.9. The lowest BCUT2D eigenvalue weighted by molar-refractivity contribution is -0.139. The van der Waals surface area contributed by atoms with Crippen LogP contribution in [0, 0.1) is 0 Å². The Morgan fingerprint density at radius 2 is 1.90 bits per heavy atom. The number of nitrogens with one attached hydrogen (secondary N) is 1. The summed E-state index contributed by atoms with van der Waals surface area (Å²) in [7, 11) is 1.70. The van der Waals surface area contributed by atoms with Crippen molar-refractivity contribution in [3.05, 3.63) is 46.7 Å². The molecule has 2 aliphatic heterocycles. The smallest absolute Gasteiger partial charge is 0.338 e. The van der Waals surface area contributed by atoms with Crippen LogP contribution >= 0.6 is 0 Å². The summed E-state index contributed by atoms with van der Waals surface area (Å²) in [4.78, 5) is 29.4. The van der Waals surface area contributed by atoms with E-state index in [9.17, 15) is 9.59 Å². The van der Waals surface area contributed by atoms with Gasteiger partial charge in [-0.25, -0.2) is 9.59 Å². The Kier molecular flexibility index (Phi) is 6.92. The molecule has 1 aromatic rings. The van der Waals surface area contributed by atoms with Gasteiger partial charge in [-0.1, -0.05) is 38.1 Å². The first-order valence-corrected chi connectivity index (χ1v) is 10.3. The number of rotatable bonds is 6. The molecule has 2 aliphatic rings. The molecule has 2 heterocycles. The average Bonchev–Trinajstić information content (AvgIpc) is 2.72. The Balaban J connectivity index is 2.01. The minimum atomic E-state index is -0.532. The van der Waals surface area contributed by atoms with E-state index in [1.807, 2.05) is 12.1 Å². The molecule has 158 valence electrons. The number of likely N-dealkylation sites (N-methyl/N-ethyl adjacent to an activating group) is 1. The molecule has 2 amide bonds. The van der Waals surface area contributed by atoms with Crippen molar-refractivity contribution in [2.45, 2.75) is 32.7 Å². The fourth-order valence-corrected chi connectivity index (χ4v) is 3.69. The van der Waals surface area contributed by atoms with Crippen LogP contribution in [0.15, 0.2) is 35.5 Å². The van der Waals surface area contributed by atoms with E-state index in [4.69, 9.17) is 9.47 Å². The number of ether oxygens (including phenoxy) is 2. The predicted molar refractivity (Wildman–Crippen MR) is 110 cm³/mol. The topological polar surface area (TPSA) is 71.1 Å². The Morgan fingerprint density at radius 3 is 2.48 bits per heavy atom. The van der Waals surface area contributed by atoms with Crippen LogP contribution < -0.4 is 5.32 Å². The Labute approximate surface area is 172 Å². The quantitative estimate of drug-likeness (QED) is 0.742. The second-order valence-corrected chi connectivity index (χ2v) is 7.73. The number of benzene rings is 1. The molecule has 0 saturated carbocycles. The summed E-state index contributed by atoms with van der Waals surface area (Å²) in [6.45, 7) is 9.68. The molecule has 0 aliphatic carbocycles. The number of urea groups is 1. The molecule has 1 N–H and O–H groups in total. The maximum atomic E-state index is 13.0. The van der Waals surface area contributed by atoms with Crippen LogP contribution in [0.4, 0.5) is 4.79 Å². The molecule has 29 heavy (non-hydrogen) atoms. The lowest BCUT2D eigenvalue weighted by Crippen LogP contribution is -2.50. The van der Waals surface area contributed by atoms with E-state index in [1.165, 1.54) is 10.5 Å². The van der Waals surface area contributed by atoms with Crippen molar-refractivity contribution in [2.24, 2.45) is 0 Å². The maximum Gasteiger partial charge on any atom is 0.338 e. The number of amides is 2. The zero-order valence-electron chi connectivity index (χ0n) is 17.7. The highest BCUT2D eigenvalue weighted by atomic mass is 16.5. The van der Waals surface area contributed by atoms with Gasteiger partial charge in [-0.05, 0) is 24.0 Å². The van der Waals surface area contributed by atoms with Crippen molar-refractivity contribution in [3.63, 3.8) is 0 Å². The molecule has 1 fully saturated rings. The second kappa shape index (κ2) is 9.41. The molecular formula is C22H31N3O4. The van der Waals surface area contributed by atoms with Crippen molar-refractivity contribution < 1.29 is 19.1 Å². The molecule has 7 heteroatoms. The third kappa shape index (κ3) is 4.79. The van der Waals surface area contributed by atoms with Gasteiger partial charge in [-0.15, -0.1) is 0 Å². The predicted octanol–water partition coefficient (Wildman–Crippen LogP) is 2.66. The van der Waals surface area contributed by atoms with Gasteiger partial charge in [-0.2, -0.15) is 0 Å². The molecule has 0 unspecified atom stereocenters. The maximum absolute atomic E-state index is 13.0. The number of nitrogens with zero attached hydrogens (tertiary/aromatic N) is 2. The van der Waals surface area contributed by atoms with E-state index < -0.39 is 6.04 Å². The van der Waals surface area contributed by atoms with Crippen molar-refractivity contribution >= 4 is 12.0 Å². The normalized spacial score (nSPS) is 20.8. The summed E-state index contributed by atoms with van der Waals surface area (Å²) >= 11 is 0. The largest absolute Gasteiger partial charge is 0.463 e. The third-order valence-corrected chi connectivity index (χ3v) is 5.49. The van der Waals surface area contributed by atoms with Gasteiger partial charge in [0.1, 0.15) is 0 Å². The highest BCUT2D eigenvalue weighted by molar-refractivity contribution is 5.95. The van der Waals surface area contributed by atoms with Crippen molar-refractivity contribution in [1.82, 2.24) is 15.1 Å². The number of carbonyl (C=O) groups excluding carboxylic acids is 2. The molecule has 7 nitrogen and oxygen atoms in total. The molecule has 1 aromatic carbocycles. The number of hydrogen-bond donors (Lipinski definition) is 1. The van der Waals surface area contributed by atoms with E-state index in [-0.39, 0.29) is 18.6 Å². The Morgan fingerprint density at radius 1 is 1.24 bits per heavy atom. The second-order valence-electron chi connectivity index (χ2n) is 7.73. The third-order valence-electron chi connectivity index (χ3n) is 5.49. The number of esters is 1. The van der Waals surface area contributed by atoms with Crippen LogP contribution in [-0.4, -0.2) is 68.3 Å². The van der Waals surface area contributed by atoms with Crippen LogP contribution in [-0.2, 0) is 14.3 Å². The molecule has 0 aromatic heterocycles. The SMILES string of the molecule is CCOC(=O)C1=C(CN2CCOCC2)N(C)C(=O)N[C@@H]1c1ccc(C(C)C)cc1. The minimum Gasteiger partial charge on any atom is -0.463 e. The summed E-state index contributed by atoms with van der Waals surface area (Å²) in [5.74, 6) is 0.0219. The first-order valence-electron chi connectivity index (χ1n) is 10.3. The monoisotopic (exact) mass is 401 g/mol. The van der Waals surface area contributed by atoms with Crippen LogP contribution in [0.25, 0.3) is 0 Å². The number of morpholine rings is 1. The Bertz CT molecular complexity index is 767. The van der Waals surface area contributed by atoms with Gasteiger partial charge in [0.15, 0.2) is 0 Å². The molecule has 0 bridgehead atoms. The highest BCUT2D eigenvalue weighted by Crippen LogP contribution is 2.32. The lowest BCUT2D eigenvalue weighted by Gasteiger charge is -2.37. The van der Waals surface area contributed by atoms with Gasteiger partial charge in [-0.3, -0.25) is 9.80 Å². The van der Waals surface area contributed by atoms with Crippen LogP contribution in [0.5, 0.6) is 0 Å². The standard InChI is InChI=1S/C22H31N3O4/c1-5-29-21(26)19-18(14-25-10-12-28-13-11-25)24(4)22(27)23-20(19)17-8-6-16(7-9-17)15(2)3/h6-9,15,20H,5,10-14H2,1-4H3,(H,23,27)/t20-/m1/s1. The fraction of sp³-hybridized carbons (Fsp3) is 0.545. The summed E-state index contributed by atoms with van der Waals surface area (Å²) in [5.41, 5.74) is 3.27. The van der Waals surface area contributed by atoms with Crippen LogP contribution in [0.1, 0.15) is 43.9 Å². The zero-order valence-corrected chi connectivity index (χ0v) is 17.7. The zero-order chi connectivity index (χ0) is 21.0. The molecular weight excluding hydrogens is 370 g/mol. The summed E-state index contributed by atoms with van der Waals surface area (Å²) in [6, 6.07) is 7.31. The van der Waals surface area contributed by atoms with E-state index in [0.717, 1.165) is 18.7 Å². The summed E-state index contributed by atoms with van der Waals surface area (Å²) in [5, 5.41) is 2.97. The van der Waals surface area contributed by atoms with E-state index in [0.29, 0.717) is 36.9 Å². The molecule has 0 spiro atoms. The fourth-order valence-electron chi connectivity index (χ4n) is 3.69. The van der Waals surface area contributed by atoms with Crippen molar-refractivity contribution in [3.8, 4) is 0 Å². The van der Waals surface area contributed by atoms with E-state index in [1.54, 1.807) is 14.0 Å². The van der Waals surface area contributed by atoms with E-state index in [2.05, 4.69) is 36.2 Å².